The number of benzene rings is 1. The van der Waals surface area contributed by atoms with Gasteiger partial charge >= 0.3 is 0 Å². The number of Topliss-reactive ketones (excluding diaryl/α,β-unsaturated/α-hetero) is 1. The number of ether oxygens (including phenoxy) is 1. The molecule has 0 heterocycles. The smallest absolute Gasteiger partial charge is 0.172 e. The van der Waals surface area contributed by atoms with Crippen LogP contribution in [0, 0.1) is 12.7 Å². The number of carbonyl (C=O) groups excluding carboxylic acids is 1. The molecule has 0 amide bonds. The number of halogens is 1. The van der Waals surface area contributed by atoms with Crippen molar-refractivity contribution in [3.63, 3.8) is 0 Å². The van der Waals surface area contributed by atoms with E-state index in [4.69, 9.17) is 4.74 Å². The molecule has 0 aliphatic heterocycles. The minimum absolute atomic E-state index is 0.0126. The molecular formula is C12H15FO2. The predicted octanol–water partition coefficient (Wildman–Crippen LogP) is 2.88. The Kier molecular flexibility index (Phi) is 3.83. The molecule has 0 N–H and O–H groups in total. The summed E-state index contributed by atoms with van der Waals surface area (Å²) in [5.74, 6) is 0.0923. The van der Waals surface area contributed by atoms with Crippen LogP contribution in [-0.2, 0) is 4.79 Å². The molecule has 1 aromatic carbocycles. The third kappa shape index (κ3) is 3.05. The van der Waals surface area contributed by atoms with Crippen molar-refractivity contribution < 1.29 is 13.9 Å². The summed E-state index contributed by atoms with van der Waals surface area (Å²) in [7, 11) is 0. The molecule has 0 aromatic heterocycles. The first kappa shape index (κ1) is 11.7. The monoisotopic (exact) mass is 210 g/mol. The van der Waals surface area contributed by atoms with E-state index in [2.05, 4.69) is 0 Å². The number of ketones is 1. The van der Waals surface area contributed by atoms with Crippen LogP contribution in [0.25, 0.3) is 0 Å². The molecule has 1 unspecified atom stereocenters. The van der Waals surface area contributed by atoms with E-state index >= 15 is 0 Å². The van der Waals surface area contributed by atoms with Crippen molar-refractivity contribution in [2.75, 3.05) is 0 Å². The van der Waals surface area contributed by atoms with Crippen molar-refractivity contribution >= 4 is 5.78 Å². The van der Waals surface area contributed by atoms with E-state index in [1.165, 1.54) is 12.1 Å². The van der Waals surface area contributed by atoms with Crippen LogP contribution < -0.4 is 4.74 Å². The highest BCUT2D eigenvalue weighted by Crippen LogP contribution is 2.20. The molecule has 1 atom stereocenters. The minimum atomic E-state index is -0.518. The average Bonchev–Trinajstić information content (AvgIpc) is 2.22. The number of carbonyl (C=O) groups is 1. The Morgan fingerprint density at radius 1 is 1.53 bits per heavy atom. The quantitative estimate of drug-likeness (QED) is 0.763. The molecule has 0 radical (unpaired) electrons. The topological polar surface area (TPSA) is 26.3 Å². The van der Waals surface area contributed by atoms with Gasteiger partial charge < -0.3 is 4.74 Å². The Bertz CT molecular complexity index is 361. The van der Waals surface area contributed by atoms with Gasteiger partial charge in [0.2, 0.25) is 0 Å². The molecule has 0 spiro atoms. The highest BCUT2D eigenvalue weighted by Gasteiger charge is 2.13. The van der Waals surface area contributed by atoms with Crippen LogP contribution in [0.5, 0.6) is 5.75 Å². The zero-order valence-electron chi connectivity index (χ0n) is 9.21. The highest BCUT2D eigenvalue weighted by atomic mass is 19.1. The first-order valence-electron chi connectivity index (χ1n) is 5.00. The maximum atomic E-state index is 12.9. The van der Waals surface area contributed by atoms with Crippen LogP contribution in [-0.4, -0.2) is 11.9 Å². The SMILES string of the molecule is CCC(=O)C(C)Oc1cc(F)ccc1C. The lowest BCUT2D eigenvalue weighted by Gasteiger charge is -2.14. The van der Waals surface area contributed by atoms with Crippen LogP contribution >= 0.6 is 0 Å². The van der Waals surface area contributed by atoms with Gasteiger partial charge in [0.05, 0.1) is 0 Å². The van der Waals surface area contributed by atoms with Gasteiger partial charge in [-0.1, -0.05) is 13.0 Å². The lowest BCUT2D eigenvalue weighted by atomic mass is 10.2. The number of aryl methyl sites for hydroxylation is 1. The maximum absolute atomic E-state index is 12.9. The number of hydrogen-bond acceptors (Lipinski definition) is 2. The van der Waals surface area contributed by atoms with Crippen molar-refractivity contribution in [2.45, 2.75) is 33.3 Å². The normalized spacial score (nSPS) is 12.3. The summed E-state index contributed by atoms with van der Waals surface area (Å²) in [6.45, 7) is 5.27. The van der Waals surface area contributed by atoms with Crippen molar-refractivity contribution in [3.8, 4) is 5.75 Å². The molecule has 3 heteroatoms. The Labute approximate surface area is 89.1 Å². The molecule has 1 aromatic rings. The third-order valence-electron chi connectivity index (χ3n) is 2.26. The maximum Gasteiger partial charge on any atom is 0.172 e. The number of hydrogen-bond donors (Lipinski definition) is 0. The van der Waals surface area contributed by atoms with E-state index in [0.29, 0.717) is 12.2 Å². The minimum Gasteiger partial charge on any atom is -0.483 e. The van der Waals surface area contributed by atoms with Gasteiger partial charge in [0.25, 0.3) is 0 Å². The lowest BCUT2D eigenvalue weighted by Crippen LogP contribution is -2.23. The van der Waals surface area contributed by atoms with Gasteiger partial charge in [0.15, 0.2) is 11.9 Å². The molecule has 0 saturated heterocycles. The largest absolute Gasteiger partial charge is 0.483 e. The van der Waals surface area contributed by atoms with E-state index in [-0.39, 0.29) is 11.6 Å². The van der Waals surface area contributed by atoms with E-state index in [1.54, 1.807) is 19.9 Å². The molecule has 2 nitrogen and oxygen atoms in total. The second-order valence-electron chi connectivity index (χ2n) is 3.49. The second-order valence-corrected chi connectivity index (χ2v) is 3.49. The van der Waals surface area contributed by atoms with Crippen molar-refractivity contribution in [3.05, 3.63) is 29.6 Å². The summed E-state index contributed by atoms with van der Waals surface area (Å²) in [6, 6.07) is 4.30. The molecule has 0 aliphatic carbocycles. The zero-order chi connectivity index (χ0) is 11.4. The molecular weight excluding hydrogens is 195 g/mol. The fraction of sp³-hybridized carbons (Fsp3) is 0.417. The van der Waals surface area contributed by atoms with Crippen LogP contribution in [0.4, 0.5) is 4.39 Å². The molecule has 0 bridgehead atoms. The van der Waals surface area contributed by atoms with Gasteiger partial charge in [0.1, 0.15) is 11.6 Å². The first-order valence-corrected chi connectivity index (χ1v) is 5.00. The Balaban J connectivity index is 2.80. The molecule has 82 valence electrons. The van der Waals surface area contributed by atoms with Crippen LogP contribution in [0.15, 0.2) is 18.2 Å². The molecule has 15 heavy (non-hydrogen) atoms. The Morgan fingerprint density at radius 3 is 2.80 bits per heavy atom. The van der Waals surface area contributed by atoms with Crippen LogP contribution in [0.3, 0.4) is 0 Å². The predicted molar refractivity (Wildman–Crippen MR) is 56.5 cm³/mol. The number of rotatable bonds is 4. The summed E-state index contributed by atoms with van der Waals surface area (Å²) in [5.41, 5.74) is 0.826. The van der Waals surface area contributed by atoms with Gasteiger partial charge in [-0.3, -0.25) is 4.79 Å². The van der Waals surface area contributed by atoms with Gasteiger partial charge in [-0.15, -0.1) is 0 Å². The fourth-order valence-electron chi connectivity index (χ4n) is 1.24. The summed E-state index contributed by atoms with van der Waals surface area (Å²) in [4.78, 5) is 11.3. The average molecular weight is 210 g/mol. The van der Waals surface area contributed by atoms with Crippen molar-refractivity contribution in [1.82, 2.24) is 0 Å². The van der Waals surface area contributed by atoms with Crippen LogP contribution in [0.1, 0.15) is 25.8 Å². The third-order valence-corrected chi connectivity index (χ3v) is 2.26. The van der Waals surface area contributed by atoms with Gasteiger partial charge in [0, 0.05) is 12.5 Å². The van der Waals surface area contributed by atoms with E-state index in [0.717, 1.165) is 5.56 Å². The molecule has 0 saturated carbocycles. The highest BCUT2D eigenvalue weighted by molar-refractivity contribution is 5.82. The molecule has 0 aliphatic rings. The fourth-order valence-corrected chi connectivity index (χ4v) is 1.24. The summed E-state index contributed by atoms with van der Waals surface area (Å²) in [5, 5.41) is 0. The van der Waals surface area contributed by atoms with Crippen molar-refractivity contribution in [2.24, 2.45) is 0 Å². The van der Waals surface area contributed by atoms with E-state index in [9.17, 15) is 9.18 Å². The summed E-state index contributed by atoms with van der Waals surface area (Å²) in [6.07, 6.45) is -0.0919. The van der Waals surface area contributed by atoms with Gasteiger partial charge in [-0.2, -0.15) is 0 Å². The summed E-state index contributed by atoms with van der Waals surface area (Å²) >= 11 is 0. The van der Waals surface area contributed by atoms with Gasteiger partial charge in [-0.05, 0) is 25.5 Å². The Morgan fingerprint density at radius 2 is 2.20 bits per heavy atom. The lowest BCUT2D eigenvalue weighted by molar-refractivity contribution is -0.124. The van der Waals surface area contributed by atoms with Gasteiger partial charge in [-0.25, -0.2) is 4.39 Å². The van der Waals surface area contributed by atoms with E-state index in [1.807, 2.05) is 6.92 Å². The molecule has 0 fully saturated rings. The standard InChI is InChI=1S/C12H15FO2/c1-4-11(14)9(3)15-12-7-10(13)6-5-8(12)2/h5-7,9H,4H2,1-3H3. The summed E-state index contributed by atoms with van der Waals surface area (Å²) < 4.78 is 18.3. The molecule has 1 rings (SSSR count). The Hall–Kier alpha value is -1.38. The second kappa shape index (κ2) is 4.91. The van der Waals surface area contributed by atoms with Crippen molar-refractivity contribution in [1.29, 1.82) is 0 Å². The first-order chi connectivity index (χ1) is 7.04. The van der Waals surface area contributed by atoms with Crippen LogP contribution in [0.2, 0.25) is 0 Å². The van der Waals surface area contributed by atoms with E-state index < -0.39 is 6.10 Å². The zero-order valence-corrected chi connectivity index (χ0v) is 9.21.